The van der Waals surface area contributed by atoms with Crippen molar-refractivity contribution in [3.8, 4) is 17.2 Å². The summed E-state index contributed by atoms with van der Waals surface area (Å²) >= 11 is 12.6. The Labute approximate surface area is 259 Å². The molecule has 15 heteroatoms. The molecule has 44 heavy (non-hydrogen) atoms. The lowest BCUT2D eigenvalue weighted by Crippen LogP contribution is -2.25. The van der Waals surface area contributed by atoms with Crippen molar-refractivity contribution in [2.75, 3.05) is 19.0 Å². The second-order valence-corrected chi connectivity index (χ2v) is 10.6. The topological polar surface area (TPSA) is 147 Å². The molecule has 4 rings (SSSR count). The van der Waals surface area contributed by atoms with Gasteiger partial charge in [0, 0.05) is 12.0 Å². The lowest BCUT2D eigenvalue weighted by molar-refractivity contribution is -0.605. The molecule has 234 valence electrons. The van der Waals surface area contributed by atoms with Crippen molar-refractivity contribution in [3.05, 3.63) is 80.7 Å². The van der Waals surface area contributed by atoms with Crippen LogP contribution in [0.4, 0.5) is 14.5 Å². The smallest absolute Gasteiger partial charge is 0.387 e. The minimum absolute atomic E-state index is 0.00582. The van der Waals surface area contributed by atoms with Crippen molar-refractivity contribution in [3.63, 3.8) is 0 Å². The first-order valence-corrected chi connectivity index (χ1v) is 13.9. The Hall–Kier alpha value is -4.36. The summed E-state index contributed by atoms with van der Waals surface area (Å²) in [5.74, 6) is -2.87. The molecular formula is C29H26Cl2F2N2O9. The van der Waals surface area contributed by atoms with Crippen LogP contribution in [0, 0.1) is 11.1 Å². The first-order chi connectivity index (χ1) is 20.9. The van der Waals surface area contributed by atoms with Crippen LogP contribution in [0.1, 0.15) is 46.9 Å². The highest BCUT2D eigenvalue weighted by atomic mass is 35.5. The van der Waals surface area contributed by atoms with Gasteiger partial charge in [-0.25, -0.2) is 4.79 Å². The highest BCUT2D eigenvalue weighted by Gasteiger charge is 2.27. The summed E-state index contributed by atoms with van der Waals surface area (Å²) in [5, 5.41) is 23.1. The molecule has 1 heterocycles. The van der Waals surface area contributed by atoms with E-state index in [1.54, 1.807) is 0 Å². The van der Waals surface area contributed by atoms with E-state index >= 15 is 0 Å². The highest BCUT2D eigenvalue weighted by molar-refractivity contribution is 6.35. The number of anilines is 1. The molecule has 1 saturated carbocycles. The van der Waals surface area contributed by atoms with E-state index in [-0.39, 0.29) is 63.1 Å². The first kappa shape index (κ1) is 32.6. The number of carbonyl (C=O) groups is 3. The van der Waals surface area contributed by atoms with Crippen LogP contribution in [0.25, 0.3) is 0 Å². The van der Waals surface area contributed by atoms with E-state index in [1.807, 2.05) is 0 Å². The van der Waals surface area contributed by atoms with Crippen LogP contribution in [0.15, 0.2) is 48.8 Å². The molecule has 1 amide bonds. The second-order valence-electron chi connectivity index (χ2n) is 9.76. The number of carbonyl (C=O) groups excluding carboxylic acids is 2. The number of benzene rings is 2. The number of nitrogens with one attached hydrogen (secondary N) is 1. The van der Waals surface area contributed by atoms with Crippen LogP contribution in [0.2, 0.25) is 10.0 Å². The van der Waals surface area contributed by atoms with Crippen molar-refractivity contribution in [1.29, 1.82) is 0 Å². The predicted octanol–water partition coefficient (Wildman–Crippen LogP) is 5.58. The summed E-state index contributed by atoms with van der Waals surface area (Å²) in [5.41, 5.74) is 0.540. The van der Waals surface area contributed by atoms with Gasteiger partial charge in [-0.3, -0.25) is 9.59 Å². The van der Waals surface area contributed by atoms with Crippen molar-refractivity contribution in [2.45, 2.75) is 38.4 Å². The van der Waals surface area contributed by atoms with Gasteiger partial charge in [-0.1, -0.05) is 29.3 Å². The van der Waals surface area contributed by atoms with Gasteiger partial charge >= 0.3 is 18.6 Å². The fraction of sp³-hybridized carbons (Fsp3) is 0.310. The summed E-state index contributed by atoms with van der Waals surface area (Å²) in [6.07, 6.45) is 1.92. The van der Waals surface area contributed by atoms with Crippen molar-refractivity contribution >= 4 is 46.7 Å². The van der Waals surface area contributed by atoms with E-state index in [0.717, 1.165) is 25.2 Å². The van der Waals surface area contributed by atoms with Crippen LogP contribution in [0.3, 0.4) is 0 Å². The number of alkyl halides is 2. The summed E-state index contributed by atoms with van der Waals surface area (Å²) in [6, 6.07) is 8.04. The van der Waals surface area contributed by atoms with E-state index in [2.05, 4.69) is 10.1 Å². The number of hydrogen-bond acceptors (Lipinski definition) is 8. The second kappa shape index (κ2) is 14.4. The largest absolute Gasteiger partial charge is 0.619 e. The number of esters is 1. The number of carboxylic acid groups (broad SMARTS) is 1. The molecule has 0 saturated heterocycles. The molecule has 1 aliphatic carbocycles. The molecule has 3 aromatic rings. The van der Waals surface area contributed by atoms with Crippen LogP contribution >= 0.6 is 23.2 Å². The molecule has 1 aromatic heterocycles. The predicted molar refractivity (Wildman–Crippen MR) is 152 cm³/mol. The number of halogens is 4. The zero-order valence-electron chi connectivity index (χ0n) is 23.1. The third-order valence-corrected chi connectivity index (χ3v) is 7.10. The quantitative estimate of drug-likeness (QED) is 0.0984. The molecule has 2 N–H and O–H groups in total. The van der Waals surface area contributed by atoms with Crippen molar-refractivity contribution in [1.82, 2.24) is 0 Å². The first-order valence-electron chi connectivity index (χ1n) is 13.1. The zero-order valence-corrected chi connectivity index (χ0v) is 24.6. The fourth-order valence-electron chi connectivity index (χ4n) is 4.12. The lowest BCUT2D eigenvalue weighted by atomic mass is 10.0. The Morgan fingerprint density at radius 2 is 1.75 bits per heavy atom. The zero-order chi connectivity index (χ0) is 32.0. The van der Waals surface area contributed by atoms with Crippen molar-refractivity contribution < 1.29 is 51.9 Å². The molecule has 1 atom stereocenters. The monoisotopic (exact) mass is 654 g/mol. The van der Waals surface area contributed by atoms with Gasteiger partial charge in [0.1, 0.15) is 28.3 Å². The summed E-state index contributed by atoms with van der Waals surface area (Å²) in [4.78, 5) is 36.4. The average Bonchev–Trinajstić information content (AvgIpc) is 3.77. The Kier molecular flexibility index (Phi) is 10.7. The van der Waals surface area contributed by atoms with Crippen LogP contribution < -0.4 is 24.3 Å². The Morgan fingerprint density at radius 3 is 2.36 bits per heavy atom. The molecule has 0 spiro atoms. The number of nitrogens with zero attached hydrogens (tertiary/aromatic N) is 1. The molecule has 1 aliphatic rings. The molecule has 0 unspecified atom stereocenters. The Bertz CT molecular complexity index is 1530. The molecule has 0 radical (unpaired) electrons. The number of rotatable bonds is 14. The third kappa shape index (κ3) is 8.83. The molecule has 2 aromatic carbocycles. The normalized spacial score (nSPS) is 13.2. The fourth-order valence-corrected chi connectivity index (χ4v) is 4.72. The van der Waals surface area contributed by atoms with Crippen molar-refractivity contribution in [2.24, 2.45) is 5.92 Å². The van der Waals surface area contributed by atoms with Crippen LogP contribution in [0.5, 0.6) is 17.2 Å². The van der Waals surface area contributed by atoms with Crippen LogP contribution in [-0.2, 0) is 20.7 Å². The summed E-state index contributed by atoms with van der Waals surface area (Å²) in [7, 11) is 1.32. The average molecular weight is 655 g/mol. The SMILES string of the molecule is COc1ccc(C(=O)O[C@@H](Cc2c(Cl)c[n+]([O-])cc2Cl)c2ccc(OC(F)F)c(OCC3CC3)c2)cc1NC(=O)CC(=O)O. The van der Waals surface area contributed by atoms with E-state index in [0.29, 0.717) is 10.3 Å². The number of methoxy groups -OCH3 is 1. The van der Waals surface area contributed by atoms with Gasteiger partial charge in [0.2, 0.25) is 5.91 Å². The number of hydrogen-bond donors (Lipinski definition) is 2. The van der Waals surface area contributed by atoms with Gasteiger partial charge in [-0.15, -0.1) is 0 Å². The van der Waals surface area contributed by atoms with E-state index in [9.17, 15) is 28.4 Å². The van der Waals surface area contributed by atoms with Gasteiger partial charge in [0.05, 0.1) is 25.0 Å². The summed E-state index contributed by atoms with van der Waals surface area (Å²) < 4.78 is 48.0. The summed E-state index contributed by atoms with van der Waals surface area (Å²) in [6.45, 7) is -2.84. The number of pyridine rings is 1. The molecule has 0 aliphatic heterocycles. The van der Waals surface area contributed by atoms with Gasteiger partial charge in [0.15, 0.2) is 23.9 Å². The lowest BCUT2D eigenvalue weighted by Gasteiger charge is -2.22. The maximum atomic E-state index is 13.4. The maximum Gasteiger partial charge on any atom is 0.387 e. The van der Waals surface area contributed by atoms with Gasteiger partial charge < -0.3 is 34.6 Å². The number of ether oxygens (including phenoxy) is 4. The number of carboxylic acids is 1. The number of aliphatic carboxylic acids is 1. The standard InChI is InChI=1S/C29H26Cl2F2N2O9/c1-41-22-6-5-17(8-21(22)34-26(36)11-27(37)38)28(39)43-24(10-18-19(30)12-35(40)13-20(18)31)16-4-7-23(44-29(32)33)25(9-16)42-14-15-2-3-15/h4-9,12-13,15,24,29H,2-3,10-11,14H2,1H3,(H,34,36)(H,37,38)/t24-/m0/s1. The molecule has 11 nitrogen and oxygen atoms in total. The minimum atomic E-state index is -3.11. The van der Waals surface area contributed by atoms with E-state index < -0.39 is 37.0 Å². The van der Waals surface area contributed by atoms with Crippen LogP contribution in [-0.4, -0.2) is 43.3 Å². The highest BCUT2D eigenvalue weighted by Crippen LogP contribution is 2.38. The number of amides is 1. The Morgan fingerprint density at radius 1 is 1.07 bits per heavy atom. The third-order valence-electron chi connectivity index (χ3n) is 6.44. The van der Waals surface area contributed by atoms with E-state index in [4.69, 9.17) is 42.5 Å². The van der Waals surface area contributed by atoms with Gasteiger partial charge in [0.25, 0.3) is 0 Å². The van der Waals surface area contributed by atoms with Gasteiger partial charge in [-0.05, 0) is 54.7 Å². The molecular weight excluding hydrogens is 629 g/mol. The molecule has 0 bridgehead atoms. The van der Waals surface area contributed by atoms with Gasteiger partial charge in [-0.2, -0.15) is 13.5 Å². The minimum Gasteiger partial charge on any atom is -0.619 e. The number of aromatic nitrogens is 1. The maximum absolute atomic E-state index is 13.4. The van der Waals surface area contributed by atoms with E-state index in [1.165, 1.54) is 43.5 Å². The Balaban J connectivity index is 1.69. The molecule has 1 fully saturated rings.